The Hall–Kier alpha value is -2.63. The number of likely N-dealkylation sites (tertiary alicyclic amines) is 1. The van der Waals surface area contributed by atoms with Crippen LogP contribution in [0, 0.1) is 5.92 Å². The number of rotatable bonds is 4. The molecule has 2 amide bonds. The van der Waals surface area contributed by atoms with E-state index in [1.807, 2.05) is 6.07 Å². The molecule has 1 fully saturated rings. The Bertz CT molecular complexity index is 625. The van der Waals surface area contributed by atoms with Crippen molar-refractivity contribution >= 4 is 17.5 Å². The lowest BCUT2D eigenvalue weighted by molar-refractivity contribution is -0.128. The largest absolute Gasteiger partial charge is 0.467 e. The molecule has 1 aliphatic rings. The average molecular weight is 285 g/mol. The Morgan fingerprint density at radius 2 is 2.19 bits per heavy atom. The molecule has 0 aliphatic carbocycles. The third-order valence-corrected chi connectivity index (χ3v) is 3.46. The summed E-state index contributed by atoms with van der Waals surface area (Å²) in [6.07, 6.45) is 5.03. The van der Waals surface area contributed by atoms with Crippen molar-refractivity contribution in [3.63, 3.8) is 0 Å². The molecular formula is C15H15N3O3. The Balaban J connectivity index is 1.60. The van der Waals surface area contributed by atoms with Gasteiger partial charge in [-0.15, -0.1) is 0 Å². The van der Waals surface area contributed by atoms with E-state index < -0.39 is 0 Å². The summed E-state index contributed by atoms with van der Waals surface area (Å²) in [5, 5.41) is 2.80. The molecule has 6 nitrogen and oxygen atoms in total. The molecule has 3 rings (SSSR count). The summed E-state index contributed by atoms with van der Waals surface area (Å²) in [4.78, 5) is 29.7. The molecule has 0 spiro atoms. The first-order valence-corrected chi connectivity index (χ1v) is 6.73. The molecule has 1 aliphatic heterocycles. The first-order valence-electron chi connectivity index (χ1n) is 6.73. The van der Waals surface area contributed by atoms with E-state index in [4.69, 9.17) is 4.42 Å². The maximum absolute atomic E-state index is 12.2. The maximum atomic E-state index is 12.2. The molecule has 1 N–H and O–H groups in total. The number of aromatic nitrogens is 1. The summed E-state index contributed by atoms with van der Waals surface area (Å²) in [6.45, 7) is 0.821. The van der Waals surface area contributed by atoms with Crippen molar-refractivity contribution in [2.45, 2.75) is 13.0 Å². The van der Waals surface area contributed by atoms with Crippen LogP contribution in [0.3, 0.4) is 0 Å². The first kappa shape index (κ1) is 13.4. The molecule has 0 saturated carbocycles. The number of carbonyl (C=O) groups excluding carboxylic acids is 2. The van der Waals surface area contributed by atoms with Crippen LogP contribution >= 0.6 is 0 Å². The zero-order chi connectivity index (χ0) is 14.7. The number of hydrogen-bond donors (Lipinski definition) is 1. The van der Waals surface area contributed by atoms with Crippen molar-refractivity contribution in [3.8, 4) is 0 Å². The topological polar surface area (TPSA) is 75.4 Å². The van der Waals surface area contributed by atoms with Gasteiger partial charge in [0.05, 0.1) is 18.7 Å². The van der Waals surface area contributed by atoms with Gasteiger partial charge in [0, 0.05) is 31.0 Å². The summed E-state index contributed by atoms with van der Waals surface area (Å²) < 4.78 is 5.23. The van der Waals surface area contributed by atoms with Crippen LogP contribution in [0.25, 0.3) is 0 Å². The van der Waals surface area contributed by atoms with E-state index in [9.17, 15) is 9.59 Å². The van der Waals surface area contributed by atoms with Crippen molar-refractivity contribution in [2.24, 2.45) is 5.92 Å². The fraction of sp³-hybridized carbons (Fsp3) is 0.267. The highest BCUT2D eigenvalue weighted by Crippen LogP contribution is 2.21. The van der Waals surface area contributed by atoms with Gasteiger partial charge < -0.3 is 14.6 Å². The third kappa shape index (κ3) is 3.10. The van der Waals surface area contributed by atoms with Crippen LogP contribution < -0.4 is 5.32 Å². The van der Waals surface area contributed by atoms with Gasteiger partial charge in [-0.05, 0) is 24.3 Å². The predicted molar refractivity (Wildman–Crippen MR) is 75.1 cm³/mol. The third-order valence-electron chi connectivity index (χ3n) is 3.46. The summed E-state index contributed by atoms with van der Waals surface area (Å²) in [5.74, 6) is 0.219. The van der Waals surface area contributed by atoms with Gasteiger partial charge in [-0.25, -0.2) is 0 Å². The zero-order valence-electron chi connectivity index (χ0n) is 11.4. The van der Waals surface area contributed by atoms with Gasteiger partial charge >= 0.3 is 0 Å². The highest BCUT2D eigenvalue weighted by atomic mass is 16.3. The molecule has 1 saturated heterocycles. The lowest BCUT2D eigenvalue weighted by Crippen LogP contribution is -2.27. The minimum Gasteiger partial charge on any atom is -0.467 e. The summed E-state index contributed by atoms with van der Waals surface area (Å²) in [7, 11) is 0. The van der Waals surface area contributed by atoms with Crippen LogP contribution in [0.1, 0.15) is 12.2 Å². The Morgan fingerprint density at radius 1 is 1.38 bits per heavy atom. The Kier molecular flexibility index (Phi) is 3.68. The van der Waals surface area contributed by atoms with Crippen molar-refractivity contribution in [2.75, 3.05) is 11.9 Å². The molecule has 0 aromatic carbocycles. The van der Waals surface area contributed by atoms with Crippen LogP contribution in [-0.4, -0.2) is 28.2 Å². The van der Waals surface area contributed by atoms with Crippen LogP contribution in [0.15, 0.2) is 47.3 Å². The number of carbonyl (C=O) groups is 2. The van der Waals surface area contributed by atoms with E-state index in [2.05, 4.69) is 10.3 Å². The molecule has 21 heavy (non-hydrogen) atoms. The van der Waals surface area contributed by atoms with Crippen molar-refractivity contribution in [1.29, 1.82) is 0 Å². The fourth-order valence-corrected chi connectivity index (χ4v) is 2.37. The molecule has 2 aromatic heterocycles. The van der Waals surface area contributed by atoms with Gasteiger partial charge in [-0.3, -0.25) is 14.6 Å². The highest BCUT2D eigenvalue weighted by molar-refractivity contribution is 5.97. The number of pyridine rings is 1. The second-order valence-electron chi connectivity index (χ2n) is 4.98. The molecule has 2 aromatic rings. The smallest absolute Gasteiger partial charge is 0.229 e. The quantitative estimate of drug-likeness (QED) is 0.927. The molecule has 0 bridgehead atoms. The lowest BCUT2D eigenvalue weighted by atomic mass is 10.1. The van der Waals surface area contributed by atoms with E-state index in [-0.39, 0.29) is 24.2 Å². The number of anilines is 1. The Labute approximate surface area is 121 Å². The zero-order valence-corrected chi connectivity index (χ0v) is 11.4. The number of hydrogen-bond acceptors (Lipinski definition) is 4. The number of nitrogens with zero attached hydrogens (tertiary/aromatic N) is 2. The van der Waals surface area contributed by atoms with Crippen molar-refractivity contribution in [1.82, 2.24) is 9.88 Å². The second-order valence-corrected chi connectivity index (χ2v) is 4.98. The van der Waals surface area contributed by atoms with Crippen LogP contribution in [0.2, 0.25) is 0 Å². The van der Waals surface area contributed by atoms with Crippen LogP contribution in [-0.2, 0) is 16.1 Å². The van der Waals surface area contributed by atoms with Crippen molar-refractivity contribution < 1.29 is 14.0 Å². The second kappa shape index (κ2) is 5.78. The van der Waals surface area contributed by atoms with E-state index in [0.29, 0.717) is 18.8 Å². The van der Waals surface area contributed by atoms with Crippen LogP contribution in [0.5, 0.6) is 0 Å². The molecule has 0 radical (unpaired) electrons. The predicted octanol–water partition coefficient (Wildman–Crippen LogP) is 1.66. The minimum atomic E-state index is -0.333. The van der Waals surface area contributed by atoms with Gasteiger partial charge in [0.15, 0.2) is 0 Å². The number of amides is 2. The van der Waals surface area contributed by atoms with Crippen molar-refractivity contribution in [3.05, 3.63) is 48.7 Å². The molecule has 3 heterocycles. The van der Waals surface area contributed by atoms with Gasteiger partial charge in [0.2, 0.25) is 11.8 Å². The minimum absolute atomic E-state index is 0.0266. The summed E-state index contributed by atoms with van der Waals surface area (Å²) in [6, 6.07) is 7.03. The summed E-state index contributed by atoms with van der Waals surface area (Å²) in [5.41, 5.74) is 0.687. The average Bonchev–Trinajstić information content (AvgIpc) is 3.11. The highest BCUT2D eigenvalue weighted by Gasteiger charge is 2.34. The van der Waals surface area contributed by atoms with Gasteiger partial charge in [-0.2, -0.15) is 0 Å². The molecule has 1 unspecified atom stereocenters. The lowest BCUT2D eigenvalue weighted by Gasteiger charge is -2.15. The normalized spacial score (nSPS) is 18.0. The van der Waals surface area contributed by atoms with Gasteiger partial charge in [0.25, 0.3) is 0 Å². The first-order chi connectivity index (χ1) is 10.2. The number of furan rings is 1. The molecular weight excluding hydrogens is 270 g/mol. The fourth-order valence-electron chi connectivity index (χ4n) is 2.37. The maximum Gasteiger partial charge on any atom is 0.229 e. The van der Waals surface area contributed by atoms with Gasteiger partial charge in [-0.1, -0.05) is 0 Å². The number of nitrogens with one attached hydrogen (secondary N) is 1. The van der Waals surface area contributed by atoms with E-state index in [1.165, 1.54) is 0 Å². The van der Waals surface area contributed by atoms with Crippen LogP contribution in [0.4, 0.5) is 5.69 Å². The molecule has 1 atom stereocenters. The standard InChI is InChI=1S/C15H15N3O3/c19-14-8-11(9-18(14)10-13-2-1-7-21-13)15(20)17-12-3-5-16-6-4-12/h1-7,11H,8-10H2,(H,16,17,20). The van der Waals surface area contributed by atoms with Gasteiger partial charge in [0.1, 0.15) is 5.76 Å². The summed E-state index contributed by atoms with van der Waals surface area (Å²) >= 11 is 0. The van der Waals surface area contributed by atoms with E-state index in [0.717, 1.165) is 5.76 Å². The monoisotopic (exact) mass is 285 g/mol. The SMILES string of the molecule is O=C(Nc1ccncc1)C1CC(=O)N(Cc2ccco2)C1. The molecule has 6 heteroatoms. The van der Waals surface area contributed by atoms with E-state index in [1.54, 1.807) is 41.8 Å². The molecule has 108 valence electrons. The Morgan fingerprint density at radius 3 is 2.90 bits per heavy atom. The van der Waals surface area contributed by atoms with E-state index >= 15 is 0 Å².